The van der Waals surface area contributed by atoms with Crippen molar-refractivity contribution < 1.29 is 67.9 Å². The van der Waals surface area contributed by atoms with E-state index in [4.69, 9.17) is 9.47 Å². The molecule has 4 bridgehead atoms. The predicted octanol–water partition coefficient (Wildman–Crippen LogP) is 1.39. The van der Waals surface area contributed by atoms with E-state index in [1.54, 1.807) is 12.2 Å². The number of nitrogens with zero attached hydrogens (tertiary/aromatic N) is 4. The number of nitrogens with one attached hydrogen (secondary N) is 2. The van der Waals surface area contributed by atoms with Crippen molar-refractivity contribution in [3.63, 3.8) is 0 Å². The summed E-state index contributed by atoms with van der Waals surface area (Å²) in [6, 6.07) is 11.6. The second kappa shape index (κ2) is 13.8. The largest absolute Gasteiger partial charge is 0.478 e. The number of amides is 6. The molecule has 6 aliphatic heterocycles. The summed E-state index contributed by atoms with van der Waals surface area (Å²) in [7, 11) is 0. The smallest absolute Gasteiger partial charge is 0.336 e. The highest BCUT2D eigenvalue weighted by Crippen LogP contribution is 2.54. The van der Waals surface area contributed by atoms with E-state index in [2.05, 4.69) is 10.6 Å². The Morgan fingerprint density at radius 3 is 1.32 bits per heavy atom. The van der Waals surface area contributed by atoms with E-state index in [1.807, 2.05) is 0 Å². The zero-order chi connectivity index (χ0) is 44.2. The Labute approximate surface area is 345 Å². The van der Waals surface area contributed by atoms with Gasteiger partial charge in [0.2, 0.25) is 23.6 Å². The van der Waals surface area contributed by atoms with Gasteiger partial charge in [0.15, 0.2) is 0 Å². The molecule has 8 atom stereocenters. The van der Waals surface area contributed by atoms with Crippen molar-refractivity contribution in [1.82, 2.24) is 10.6 Å². The van der Waals surface area contributed by atoms with Crippen LogP contribution < -0.4 is 20.4 Å². The van der Waals surface area contributed by atoms with Crippen molar-refractivity contribution in [2.24, 2.45) is 23.7 Å². The molecule has 0 saturated carbocycles. The number of hydrogen-bond acceptors (Lipinski definition) is 14. The molecular formula is C40H28N6O16. The van der Waals surface area contributed by atoms with Gasteiger partial charge in [0, 0.05) is 12.1 Å². The summed E-state index contributed by atoms with van der Waals surface area (Å²) in [5, 5.41) is 47.4. The lowest BCUT2D eigenvalue weighted by atomic mass is 9.77. The van der Waals surface area contributed by atoms with E-state index in [0.29, 0.717) is 0 Å². The number of benzene rings is 3. The fraction of sp³-hybridized carbons (Fsp3) is 0.250. The SMILES string of the molecule is O=C(O)c1cccc([N+](=O)[O-])c1C(=O)NCC12C=CC(O1)C1C(=O)N(c3ccc(N4C(=O)C5C6C=CC(CNC(=O)c7c(C(=O)O)cccc7[N+](=O)[O-])(O6)C5C4=O)cc3)C(=O)C12. The maximum absolute atomic E-state index is 14.1. The molecule has 22 heteroatoms. The standard InChI is InChI=1S/C40H28N6O16/c47-31(25-19(37(53)54)3-1-5-21(25)45(57)58)41-15-39-13-11-23(61-39)27-29(39)35(51)43(33(27)49)17-7-9-18(10-8-17)44-34(50)28-24-12-14-40(62-24,30(28)36(44)52)16-42-32(48)26-20(38(55)56)4-2-6-22(26)46(59)60/h1-14,23-24,27-30H,15-16H2,(H,41,47)(H,42,48)(H,53,54)(H,55,56). The van der Waals surface area contributed by atoms with Gasteiger partial charge in [0.1, 0.15) is 22.3 Å². The number of carboxylic acids is 2. The second-order valence-corrected chi connectivity index (χ2v) is 15.2. The Hall–Kier alpha value is -7.98. The van der Waals surface area contributed by atoms with Crippen molar-refractivity contribution in [2.75, 3.05) is 22.9 Å². The van der Waals surface area contributed by atoms with Crippen LogP contribution in [0, 0.1) is 43.9 Å². The molecule has 6 heterocycles. The van der Waals surface area contributed by atoms with Gasteiger partial charge in [-0.3, -0.25) is 49.0 Å². The second-order valence-electron chi connectivity index (χ2n) is 15.2. The van der Waals surface area contributed by atoms with E-state index in [0.717, 1.165) is 46.2 Å². The molecule has 0 aromatic heterocycles. The highest BCUT2D eigenvalue weighted by Gasteiger charge is 2.69. The number of fused-ring (bicyclic) bond motifs is 10. The number of rotatable bonds is 12. The number of ether oxygens (including phenoxy) is 2. The third-order valence-electron chi connectivity index (χ3n) is 12.1. The Balaban J connectivity index is 0.917. The number of nitro benzene ring substituents is 2. The zero-order valence-electron chi connectivity index (χ0n) is 31.4. The minimum absolute atomic E-state index is 0.0713. The molecule has 3 aromatic rings. The van der Waals surface area contributed by atoms with Crippen LogP contribution in [0.5, 0.6) is 0 Å². The van der Waals surface area contributed by atoms with Crippen LogP contribution in [0.25, 0.3) is 0 Å². The van der Waals surface area contributed by atoms with Crippen LogP contribution in [0.15, 0.2) is 85.0 Å². The molecule has 6 amide bonds. The summed E-state index contributed by atoms with van der Waals surface area (Å²) < 4.78 is 12.1. The molecule has 22 nitrogen and oxygen atoms in total. The van der Waals surface area contributed by atoms with Crippen molar-refractivity contribution in [3.8, 4) is 0 Å². The summed E-state index contributed by atoms with van der Waals surface area (Å²) >= 11 is 0. The quantitative estimate of drug-likeness (QED) is 0.0866. The minimum atomic E-state index is -1.59. The molecule has 4 N–H and O–H groups in total. The Morgan fingerprint density at radius 1 is 0.613 bits per heavy atom. The third kappa shape index (κ3) is 5.56. The van der Waals surface area contributed by atoms with E-state index in [1.165, 1.54) is 36.4 Å². The first kappa shape index (κ1) is 39.5. The van der Waals surface area contributed by atoms with Gasteiger partial charge < -0.3 is 30.3 Å². The number of aromatic carboxylic acids is 2. The number of imide groups is 2. The molecule has 4 saturated heterocycles. The molecule has 0 spiro atoms. The fourth-order valence-electron chi connectivity index (χ4n) is 9.50. The molecule has 62 heavy (non-hydrogen) atoms. The average Bonchev–Trinajstić information content (AvgIpc) is 4.09. The molecule has 8 unspecified atom stereocenters. The van der Waals surface area contributed by atoms with Crippen LogP contribution in [0.2, 0.25) is 0 Å². The highest BCUT2D eigenvalue weighted by molar-refractivity contribution is 6.25. The van der Waals surface area contributed by atoms with Crippen LogP contribution in [-0.2, 0) is 28.7 Å². The number of nitro groups is 2. The Morgan fingerprint density at radius 2 is 0.984 bits per heavy atom. The number of anilines is 2. The summed E-state index contributed by atoms with van der Waals surface area (Å²) in [5.41, 5.74) is -7.21. The van der Waals surface area contributed by atoms with E-state index in [9.17, 15) is 68.8 Å². The lowest BCUT2D eigenvalue weighted by Gasteiger charge is -2.29. The molecule has 6 aliphatic rings. The van der Waals surface area contributed by atoms with Gasteiger partial charge in [0.25, 0.3) is 23.2 Å². The summed E-state index contributed by atoms with van der Waals surface area (Å²) in [5.74, 6) is -12.5. The number of carboxylic acid groups (broad SMARTS) is 2. The molecule has 3 aromatic carbocycles. The highest BCUT2D eigenvalue weighted by atomic mass is 16.6. The average molecular weight is 849 g/mol. The Kier molecular flexibility index (Phi) is 8.78. The first-order valence-electron chi connectivity index (χ1n) is 18.7. The topological polar surface area (TPSA) is 312 Å². The molecule has 314 valence electrons. The van der Waals surface area contributed by atoms with Crippen molar-refractivity contribution in [1.29, 1.82) is 0 Å². The number of carbonyl (C=O) groups excluding carboxylic acids is 6. The number of hydrogen-bond donors (Lipinski definition) is 4. The zero-order valence-corrected chi connectivity index (χ0v) is 31.4. The van der Waals surface area contributed by atoms with Gasteiger partial charge in [-0.15, -0.1) is 0 Å². The monoisotopic (exact) mass is 848 g/mol. The molecule has 0 radical (unpaired) electrons. The lowest BCUT2D eigenvalue weighted by Crippen LogP contribution is -2.49. The van der Waals surface area contributed by atoms with Gasteiger partial charge in [-0.25, -0.2) is 19.4 Å². The van der Waals surface area contributed by atoms with Crippen LogP contribution in [-0.4, -0.2) is 104 Å². The van der Waals surface area contributed by atoms with Gasteiger partial charge in [-0.05, 0) is 36.4 Å². The normalized spacial score (nSPS) is 28.4. The molecular weight excluding hydrogens is 820 g/mol. The van der Waals surface area contributed by atoms with E-state index >= 15 is 0 Å². The van der Waals surface area contributed by atoms with Gasteiger partial charge in [0.05, 0.1) is 81.3 Å². The molecule has 0 aliphatic carbocycles. The molecule has 4 fully saturated rings. The van der Waals surface area contributed by atoms with E-state index in [-0.39, 0.29) is 11.4 Å². The number of carbonyl (C=O) groups is 8. The summed E-state index contributed by atoms with van der Waals surface area (Å²) in [4.78, 5) is 129. The minimum Gasteiger partial charge on any atom is -0.478 e. The summed E-state index contributed by atoms with van der Waals surface area (Å²) in [6.07, 6.45) is 4.31. The van der Waals surface area contributed by atoms with Crippen LogP contribution in [0.1, 0.15) is 41.4 Å². The maximum atomic E-state index is 14.1. The first-order chi connectivity index (χ1) is 29.5. The fourth-order valence-corrected chi connectivity index (χ4v) is 9.50. The Bertz CT molecular complexity index is 2470. The lowest BCUT2D eigenvalue weighted by molar-refractivity contribution is -0.385. The van der Waals surface area contributed by atoms with Gasteiger partial charge in [-0.1, -0.05) is 36.4 Å². The van der Waals surface area contributed by atoms with Crippen LogP contribution in [0.3, 0.4) is 0 Å². The van der Waals surface area contributed by atoms with Gasteiger partial charge in [-0.2, -0.15) is 0 Å². The predicted molar refractivity (Wildman–Crippen MR) is 204 cm³/mol. The van der Waals surface area contributed by atoms with Crippen molar-refractivity contribution >= 4 is 70.1 Å². The van der Waals surface area contributed by atoms with E-state index < -0.39 is 151 Å². The maximum Gasteiger partial charge on any atom is 0.336 e. The van der Waals surface area contributed by atoms with Crippen LogP contribution >= 0.6 is 0 Å². The van der Waals surface area contributed by atoms with Crippen LogP contribution in [0.4, 0.5) is 22.7 Å². The third-order valence-corrected chi connectivity index (χ3v) is 12.1. The molecule has 9 rings (SSSR count). The van der Waals surface area contributed by atoms with Gasteiger partial charge >= 0.3 is 11.9 Å². The van der Waals surface area contributed by atoms with Crippen molar-refractivity contribution in [2.45, 2.75) is 23.4 Å². The van der Waals surface area contributed by atoms with Crippen molar-refractivity contribution in [3.05, 3.63) is 127 Å². The summed E-state index contributed by atoms with van der Waals surface area (Å²) in [6.45, 7) is -0.919. The first-order valence-corrected chi connectivity index (χ1v) is 18.7.